The summed E-state index contributed by atoms with van der Waals surface area (Å²) in [6.45, 7) is 0. The summed E-state index contributed by atoms with van der Waals surface area (Å²) in [5.74, 6) is 1.19. The number of carbonyl (C=O) groups excluding carboxylic acids is 1. The summed E-state index contributed by atoms with van der Waals surface area (Å²) >= 11 is 5.96. The fourth-order valence-electron chi connectivity index (χ4n) is 4.08. The van der Waals surface area contributed by atoms with Crippen molar-refractivity contribution < 1.29 is 9.53 Å². The summed E-state index contributed by atoms with van der Waals surface area (Å²) in [5, 5.41) is 7.96. The number of esters is 1. The third-order valence-electron chi connectivity index (χ3n) is 6.08. The van der Waals surface area contributed by atoms with E-state index in [0.29, 0.717) is 11.0 Å². The number of rotatable bonds is 6. The Hall–Kier alpha value is -3.71. The molecule has 1 fully saturated rings. The van der Waals surface area contributed by atoms with Crippen LogP contribution in [-0.2, 0) is 22.0 Å². The zero-order valence-electron chi connectivity index (χ0n) is 18.2. The molecule has 166 valence electrons. The lowest BCUT2D eigenvalue weighted by atomic mass is 9.93. The molecule has 1 saturated carbocycles. The van der Waals surface area contributed by atoms with Crippen LogP contribution in [0.15, 0.2) is 67.1 Å². The van der Waals surface area contributed by atoms with E-state index in [2.05, 4.69) is 56.8 Å². The molecule has 1 N–H and O–H groups in total. The topological polar surface area (TPSA) is 81.9 Å². The van der Waals surface area contributed by atoms with Crippen LogP contribution in [0.4, 0.5) is 11.6 Å². The highest BCUT2D eigenvalue weighted by Crippen LogP contribution is 2.49. The number of anilines is 2. The number of benzene rings is 2. The van der Waals surface area contributed by atoms with Crippen molar-refractivity contribution in [3.05, 3.63) is 77.8 Å². The smallest absolute Gasteiger partial charge is 0.316 e. The number of ether oxygens (including phenoxy) is 1. The maximum absolute atomic E-state index is 12.1. The van der Waals surface area contributed by atoms with E-state index in [0.717, 1.165) is 46.5 Å². The van der Waals surface area contributed by atoms with Crippen LogP contribution < -0.4 is 5.32 Å². The number of aryl methyl sites for hydroxylation is 1. The van der Waals surface area contributed by atoms with Gasteiger partial charge in [0.15, 0.2) is 5.82 Å². The quantitative estimate of drug-likeness (QED) is 0.402. The van der Waals surface area contributed by atoms with Crippen LogP contribution in [0.5, 0.6) is 0 Å². The van der Waals surface area contributed by atoms with Crippen molar-refractivity contribution >= 4 is 29.2 Å². The average Bonchev–Trinajstić information content (AvgIpc) is 3.58. The Morgan fingerprint density at radius 2 is 1.64 bits per heavy atom. The van der Waals surface area contributed by atoms with Gasteiger partial charge in [0.05, 0.1) is 31.1 Å². The molecule has 0 saturated heterocycles. The molecule has 0 unspecified atom stereocenters. The first kappa shape index (κ1) is 21.2. The van der Waals surface area contributed by atoms with Gasteiger partial charge in [0.25, 0.3) is 0 Å². The first-order valence-electron chi connectivity index (χ1n) is 10.6. The number of halogens is 1. The molecule has 1 aliphatic rings. The Morgan fingerprint density at radius 1 is 1.00 bits per heavy atom. The fourth-order valence-corrected chi connectivity index (χ4v) is 4.22. The van der Waals surface area contributed by atoms with Crippen LogP contribution in [0.25, 0.3) is 22.3 Å². The Balaban J connectivity index is 1.38. The molecule has 0 radical (unpaired) electrons. The molecule has 2 aromatic carbocycles. The maximum Gasteiger partial charge on any atom is 0.316 e. The van der Waals surface area contributed by atoms with E-state index < -0.39 is 5.41 Å². The van der Waals surface area contributed by atoms with E-state index in [9.17, 15) is 4.79 Å². The standard InChI is InChI=1S/C25H22ClN5O2/c1-31-23(30-22-15-27-14-21(26)29-22)20(13-28-31)18-5-3-16(4-6-18)17-7-9-19(10-8-17)25(11-12-25)24(32)33-2/h3-10,13-15H,11-12H2,1-2H3,(H,29,30). The van der Waals surface area contributed by atoms with E-state index in [4.69, 9.17) is 16.3 Å². The summed E-state index contributed by atoms with van der Waals surface area (Å²) in [7, 11) is 3.31. The van der Waals surface area contributed by atoms with Gasteiger partial charge in [0.1, 0.15) is 11.0 Å². The molecule has 33 heavy (non-hydrogen) atoms. The minimum atomic E-state index is -0.450. The van der Waals surface area contributed by atoms with Gasteiger partial charge in [-0.25, -0.2) is 4.98 Å². The van der Waals surface area contributed by atoms with Crippen molar-refractivity contribution in [1.29, 1.82) is 0 Å². The van der Waals surface area contributed by atoms with Gasteiger partial charge < -0.3 is 10.1 Å². The van der Waals surface area contributed by atoms with Gasteiger partial charge in [-0.15, -0.1) is 0 Å². The van der Waals surface area contributed by atoms with Crippen LogP contribution in [0.2, 0.25) is 5.15 Å². The van der Waals surface area contributed by atoms with Crippen molar-refractivity contribution in [1.82, 2.24) is 19.7 Å². The normalized spacial score (nSPS) is 14.0. The first-order chi connectivity index (χ1) is 16.0. The molecule has 1 aliphatic carbocycles. The maximum atomic E-state index is 12.1. The van der Waals surface area contributed by atoms with Crippen LogP contribution in [0.1, 0.15) is 18.4 Å². The molecule has 0 amide bonds. The monoisotopic (exact) mass is 459 g/mol. The average molecular weight is 460 g/mol. The largest absolute Gasteiger partial charge is 0.468 e. The molecule has 2 aromatic heterocycles. The van der Waals surface area contributed by atoms with Gasteiger partial charge in [0, 0.05) is 12.6 Å². The molecule has 2 heterocycles. The molecule has 7 nitrogen and oxygen atoms in total. The highest BCUT2D eigenvalue weighted by Gasteiger charge is 2.52. The number of hydrogen-bond acceptors (Lipinski definition) is 6. The number of carbonyl (C=O) groups is 1. The first-order valence-corrected chi connectivity index (χ1v) is 10.9. The highest BCUT2D eigenvalue weighted by molar-refractivity contribution is 6.29. The summed E-state index contributed by atoms with van der Waals surface area (Å²) in [5.41, 5.74) is 4.70. The Labute approximate surface area is 196 Å². The van der Waals surface area contributed by atoms with E-state index in [1.165, 1.54) is 13.3 Å². The Bertz CT molecular complexity index is 1310. The predicted molar refractivity (Wildman–Crippen MR) is 127 cm³/mol. The molecule has 0 aliphatic heterocycles. The molecular weight excluding hydrogens is 438 g/mol. The van der Waals surface area contributed by atoms with Crippen molar-refractivity contribution in [2.75, 3.05) is 12.4 Å². The number of nitrogens with zero attached hydrogens (tertiary/aromatic N) is 4. The lowest BCUT2D eigenvalue weighted by molar-refractivity contribution is -0.143. The van der Waals surface area contributed by atoms with Gasteiger partial charge in [0.2, 0.25) is 0 Å². The zero-order chi connectivity index (χ0) is 23.0. The van der Waals surface area contributed by atoms with Gasteiger partial charge in [-0.1, -0.05) is 60.1 Å². The lowest BCUT2D eigenvalue weighted by Gasteiger charge is -2.13. The highest BCUT2D eigenvalue weighted by atomic mass is 35.5. The Kier molecular flexibility index (Phi) is 5.34. The predicted octanol–water partition coefficient (Wildman–Crippen LogP) is 5.15. The SMILES string of the molecule is COC(=O)C1(c2ccc(-c3ccc(-c4cnn(C)c4Nc4cncc(Cl)n4)cc3)cc2)CC1. The summed E-state index contributed by atoms with van der Waals surface area (Å²) in [4.78, 5) is 20.5. The number of methoxy groups -OCH3 is 1. The lowest BCUT2D eigenvalue weighted by Crippen LogP contribution is -2.21. The van der Waals surface area contributed by atoms with Gasteiger partial charge in [-0.3, -0.25) is 14.5 Å². The van der Waals surface area contributed by atoms with Crippen molar-refractivity contribution in [2.24, 2.45) is 7.05 Å². The van der Waals surface area contributed by atoms with Gasteiger partial charge in [-0.2, -0.15) is 5.10 Å². The number of hydrogen-bond donors (Lipinski definition) is 1. The second-order valence-electron chi connectivity index (χ2n) is 8.11. The summed E-state index contributed by atoms with van der Waals surface area (Å²) in [6.07, 6.45) is 6.60. The van der Waals surface area contributed by atoms with Crippen molar-refractivity contribution in [2.45, 2.75) is 18.3 Å². The van der Waals surface area contributed by atoms with Gasteiger partial charge in [-0.05, 0) is 35.1 Å². The van der Waals surface area contributed by atoms with E-state index in [1.54, 1.807) is 10.9 Å². The van der Waals surface area contributed by atoms with Gasteiger partial charge >= 0.3 is 5.97 Å². The van der Waals surface area contributed by atoms with E-state index >= 15 is 0 Å². The minimum absolute atomic E-state index is 0.149. The van der Waals surface area contributed by atoms with E-state index in [-0.39, 0.29) is 5.97 Å². The third-order valence-corrected chi connectivity index (χ3v) is 6.27. The third kappa shape index (κ3) is 3.96. The minimum Gasteiger partial charge on any atom is -0.468 e. The second kappa shape index (κ2) is 8.33. The number of nitrogens with one attached hydrogen (secondary N) is 1. The van der Waals surface area contributed by atoms with Crippen LogP contribution in [0, 0.1) is 0 Å². The van der Waals surface area contributed by atoms with Crippen LogP contribution >= 0.6 is 11.6 Å². The zero-order valence-corrected chi connectivity index (χ0v) is 19.0. The molecule has 4 aromatic rings. The summed E-state index contributed by atoms with van der Waals surface area (Å²) < 4.78 is 6.74. The van der Waals surface area contributed by atoms with Crippen LogP contribution in [-0.4, -0.2) is 32.8 Å². The van der Waals surface area contributed by atoms with Crippen LogP contribution in [0.3, 0.4) is 0 Å². The molecule has 8 heteroatoms. The van der Waals surface area contributed by atoms with Crippen molar-refractivity contribution in [3.8, 4) is 22.3 Å². The Morgan fingerprint density at radius 3 is 2.24 bits per heavy atom. The molecule has 5 rings (SSSR count). The summed E-state index contributed by atoms with van der Waals surface area (Å²) in [6, 6.07) is 16.5. The fraction of sp³-hybridized carbons (Fsp3) is 0.200. The number of aromatic nitrogens is 4. The molecule has 0 atom stereocenters. The van der Waals surface area contributed by atoms with Crippen molar-refractivity contribution in [3.63, 3.8) is 0 Å². The molecule has 0 bridgehead atoms. The van der Waals surface area contributed by atoms with E-state index in [1.807, 2.05) is 25.4 Å². The molecular formula is C25H22ClN5O2. The molecule has 0 spiro atoms. The second-order valence-corrected chi connectivity index (χ2v) is 8.50.